The molecule has 0 aliphatic heterocycles. The van der Waals surface area contributed by atoms with Crippen molar-refractivity contribution in [1.29, 1.82) is 0 Å². The molecule has 20 heavy (non-hydrogen) atoms. The van der Waals surface area contributed by atoms with Gasteiger partial charge in [-0.25, -0.2) is 0 Å². The first-order valence-corrected chi connectivity index (χ1v) is 7.76. The van der Waals surface area contributed by atoms with Gasteiger partial charge in [0.25, 0.3) is 0 Å². The van der Waals surface area contributed by atoms with Crippen molar-refractivity contribution in [1.82, 2.24) is 5.32 Å². The molecule has 0 saturated heterocycles. The van der Waals surface area contributed by atoms with Crippen LogP contribution in [0.15, 0.2) is 18.2 Å². The largest absolute Gasteiger partial charge is 0.493 e. The first-order chi connectivity index (χ1) is 9.62. The van der Waals surface area contributed by atoms with Crippen molar-refractivity contribution in [3.8, 4) is 11.5 Å². The quantitative estimate of drug-likeness (QED) is 0.721. The van der Waals surface area contributed by atoms with Crippen LogP contribution >= 0.6 is 27.5 Å². The van der Waals surface area contributed by atoms with Crippen molar-refractivity contribution in [2.45, 2.75) is 24.2 Å². The summed E-state index contributed by atoms with van der Waals surface area (Å²) in [6.07, 6.45) is 1.53. The number of nitrogens with one attached hydrogen (secondary N) is 1. The number of carbonyl (C=O) groups is 1. The molecule has 0 aliphatic carbocycles. The van der Waals surface area contributed by atoms with E-state index in [4.69, 9.17) is 21.1 Å². The maximum atomic E-state index is 11.8. The van der Waals surface area contributed by atoms with E-state index in [1.165, 1.54) is 0 Å². The third-order valence-electron chi connectivity index (χ3n) is 2.79. The Morgan fingerprint density at radius 3 is 2.65 bits per heavy atom. The van der Waals surface area contributed by atoms with Crippen molar-refractivity contribution in [2.24, 2.45) is 0 Å². The minimum Gasteiger partial charge on any atom is -0.493 e. The van der Waals surface area contributed by atoms with Gasteiger partial charge in [-0.05, 0) is 30.5 Å². The Morgan fingerprint density at radius 2 is 2.05 bits per heavy atom. The molecule has 0 unspecified atom stereocenters. The van der Waals surface area contributed by atoms with E-state index in [2.05, 4.69) is 21.2 Å². The molecule has 1 amide bonds. The molecule has 0 saturated carbocycles. The maximum Gasteiger partial charge on any atom is 0.234 e. The zero-order valence-corrected chi connectivity index (χ0v) is 14.0. The van der Waals surface area contributed by atoms with Crippen LogP contribution in [0.1, 0.15) is 18.4 Å². The van der Waals surface area contributed by atoms with Gasteiger partial charge < -0.3 is 14.8 Å². The molecule has 1 aromatic carbocycles. The molecule has 1 rings (SSSR count). The Kier molecular flexibility index (Phi) is 7.77. The highest BCUT2D eigenvalue weighted by atomic mass is 79.9. The van der Waals surface area contributed by atoms with Crippen molar-refractivity contribution < 1.29 is 14.3 Å². The Morgan fingerprint density at radius 1 is 1.35 bits per heavy atom. The van der Waals surface area contributed by atoms with Crippen molar-refractivity contribution in [3.05, 3.63) is 23.8 Å². The second-order valence-corrected chi connectivity index (χ2v) is 5.69. The summed E-state index contributed by atoms with van der Waals surface area (Å²) in [5.74, 6) is 1.84. The maximum absolute atomic E-state index is 11.8. The molecule has 1 atom stereocenters. The van der Waals surface area contributed by atoms with E-state index in [9.17, 15) is 4.79 Å². The average Bonchev–Trinajstić information content (AvgIpc) is 2.49. The monoisotopic (exact) mass is 363 g/mol. The van der Waals surface area contributed by atoms with Gasteiger partial charge in [-0.2, -0.15) is 0 Å². The number of ether oxygens (including phenoxy) is 2. The molecular weight excluding hydrogens is 346 g/mol. The molecule has 1 aromatic rings. The standard InChI is InChI=1S/C14H19BrClNO3/c1-19-12-6-5-10(8-13(12)20-2)9-17-14(18)11(15)4-3-7-16/h5-6,8,11H,3-4,7,9H2,1-2H3,(H,17,18)/t11-/m0/s1. The molecule has 6 heteroatoms. The fraction of sp³-hybridized carbons (Fsp3) is 0.500. The predicted octanol–water partition coefficient (Wildman–Crippen LogP) is 3.10. The smallest absolute Gasteiger partial charge is 0.234 e. The highest BCUT2D eigenvalue weighted by Crippen LogP contribution is 2.27. The summed E-state index contributed by atoms with van der Waals surface area (Å²) in [5, 5.41) is 2.87. The van der Waals surface area contributed by atoms with Crippen LogP contribution in [-0.2, 0) is 11.3 Å². The van der Waals surface area contributed by atoms with Crippen LogP contribution in [0.3, 0.4) is 0 Å². The molecule has 0 heterocycles. The Balaban J connectivity index is 2.55. The first-order valence-electron chi connectivity index (χ1n) is 6.31. The molecule has 0 fully saturated rings. The van der Waals surface area contributed by atoms with Gasteiger partial charge in [-0.15, -0.1) is 11.6 Å². The fourth-order valence-corrected chi connectivity index (χ4v) is 2.32. The fourth-order valence-electron chi connectivity index (χ4n) is 1.68. The molecule has 0 aliphatic rings. The summed E-state index contributed by atoms with van der Waals surface area (Å²) in [5.41, 5.74) is 0.952. The molecular formula is C14H19BrClNO3. The lowest BCUT2D eigenvalue weighted by Crippen LogP contribution is -2.30. The number of hydrogen-bond acceptors (Lipinski definition) is 3. The molecule has 0 bridgehead atoms. The van der Waals surface area contributed by atoms with Crippen LogP contribution in [0.25, 0.3) is 0 Å². The van der Waals surface area contributed by atoms with Gasteiger partial charge in [-0.3, -0.25) is 4.79 Å². The van der Waals surface area contributed by atoms with Gasteiger partial charge in [-0.1, -0.05) is 22.0 Å². The van der Waals surface area contributed by atoms with E-state index in [0.29, 0.717) is 23.9 Å². The van der Waals surface area contributed by atoms with Crippen molar-refractivity contribution in [2.75, 3.05) is 20.1 Å². The zero-order valence-electron chi connectivity index (χ0n) is 11.6. The van der Waals surface area contributed by atoms with Crippen LogP contribution in [-0.4, -0.2) is 30.8 Å². The Labute approximate surface area is 132 Å². The number of amides is 1. The number of alkyl halides is 2. The topological polar surface area (TPSA) is 47.6 Å². The van der Waals surface area contributed by atoms with Crippen LogP contribution < -0.4 is 14.8 Å². The Hall–Kier alpha value is -0.940. The van der Waals surface area contributed by atoms with Crippen LogP contribution in [0.5, 0.6) is 11.5 Å². The van der Waals surface area contributed by atoms with E-state index >= 15 is 0 Å². The third-order valence-corrected chi connectivity index (χ3v) is 3.93. The van der Waals surface area contributed by atoms with Crippen molar-refractivity contribution in [3.63, 3.8) is 0 Å². The highest BCUT2D eigenvalue weighted by molar-refractivity contribution is 9.10. The predicted molar refractivity (Wildman–Crippen MR) is 84.1 cm³/mol. The molecule has 4 nitrogen and oxygen atoms in total. The number of benzene rings is 1. The van der Waals surface area contributed by atoms with Gasteiger partial charge in [0.2, 0.25) is 5.91 Å². The minimum atomic E-state index is -0.207. The van der Waals surface area contributed by atoms with E-state index in [0.717, 1.165) is 18.4 Å². The van der Waals surface area contributed by atoms with Crippen molar-refractivity contribution >= 4 is 33.4 Å². The minimum absolute atomic E-state index is 0.0371. The zero-order chi connectivity index (χ0) is 15.0. The number of carbonyl (C=O) groups excluding carboxylic acids is 1. The molecule has 1 N–H and O–H groups in total. The van der Waals surface area contributed by atoms with Gasteiger partial charge in [0.1, 0.15) is 0 Å². The lowest BCUT2D eigenvalue weighted by Gasteiger charge is -2.12. The summed E-state index contributed by atoms with van der Waals surface area (Å²) in [6, 6.07) is 5.56. The second-order valence-electron chi connectivity index (χ2n) is 4.21. The lowest BCUT2D eigenvalue weighted by atomic mass is 10.2. The highest BCUT2D eigenvalue weighted by Gasteiger charge is 2.14. The van der Waals surface area contributed by atoms with Gasteiger partial charge in [0.05, 0.1) is 19.0 Å². The van der Waals surface area contributed by atoms with Crippen LogP contribution in [0, 0.1) is 0 Å². The lowest BCUT2D eigenvalue weighted by molar-refractivity contribution is -0.120. The van der Waals surface area contributed by atoms with E-state index in [1.807, 2.05) is 18.2 Å². The summed E-state index contributed by atoms with van der Waals surface area (Å²) in [6.45, 7) is 0.447. The summed E-state index contributed by atoms with van der Waals surface area (Å²) < 4.78 is 10.4. The van der Waals surface area contributed by atoms with Gasteiger partial charge >= 0.3 is 0 Å². The summed E-state index contributed by atoms with van der Waals surface area (Å²) >= 11 is 8.96. The molecule has 0 spiro atoms. The molecule has 112 valence electrons. The summed E-state index contributed by atoms with van der Waals surface area (Å²) in [7, 11) is 3.17. The van der Waals surface area contributed by atoms with Crippen LogP contribution in [0.2, 0.25) is 0 Å². The number of rotatable bonds is 8. The van der Waals surface area contributed by atoms with Gasteiger partial charge in [0.15, 0.2) is 11.5 Å². The number of halogens is 2. The van der Waals surface area contributed by atoms with E-state index in [1.54, 1.807) is 14.2 Å². The first kappa shape index (κ1) is 17.1. The van der Waals surface area contributed by atoms with E-state index in [-0.39, 0.29) is 10.7 Å². The Bertz CT molecular complexity index is 442. The second kappa shape index (κ2) is 9.08. The van der Waals surface area contributed by atoms with Crippen LogP contribution in [0.4, 0.5) is 0 Å². The number of methoxy groups -OCH3 is 2. The van der Waals surface area contributed by atoms with E-state index < -0.39 is 0 Å². The molecule has 0 aromatic heterocycles. The third kappa shape index (κ3) is 5.21. The average molecular weight is 365 g/mol. The van der Waals surface area contributed by atoms with Gasteiger partial charge in [0, 0.05) is 12.4 Å². The normalized spacial score (nSPS) is 11.8. The molecule has 0 radical (unpaired) electrons. The summed E-state index contributed by atoms with van der Waals surface area (Å²) in [4.78, 5) is 11.6. The number of hydrogen-bond donors (Lipinski definition) is 1. The SMILES string of the molecule is COc1ccc(CNC(=O)[C@@H](Br)CCCCl)cc1OC.